The number of aliphatic hydroxyl groups is 1. The van der Waals surface area contributed by atoms with Gasteiger partial charge in [0.25, 0.3) is 0 Å². The molecular formula is C19H17FO5. The molecule has 0 saturated heterocycles. The van der Waals surface area contributed by atoms with E-state index >= 15 is 0 Å². The van der Waals surface area contributed by atoms with Crippen molar-refractivity contribution in [1.82, 2.24) is 0 Å². The van der Waals surface area contributed by atoms with Crippen LogP contribution in [0.3, 0.4) is 0 Å². The van der Waals surface area contributed by atoms with Crippen LogP contribution in [0.25, 0.3) is 11.0 Å². The van der Waals surface area contributed by atoms with E-state index in [2.05, 4.69) is 0 Å². The minimum atomic E-state index is -0.870. The van der Waals surface area contributed by atoms with Crippen molar-refractivity contribution < 1.29 is 23.4 Å². The highest BCUT2D eigenvalue weighted by Crippen LogP contribution is 2.19. The topological polar surface area (TPSA) is 68.9 Å². The summed E-state index contributed by atoms with van der Waals surface area (Å²) in [4.78, 5) is 11.2. The van der Waals surface area contributed by atoms with Crippen molar-refractivity contribution in [2.24, 2.45) is 0 Å². The third-order valence-corrected chi connectivity index (χ3v) is 3.56. The molecule has 0 fully saturated rings. The van der Waals surface area contributed by atoms with E-state index in [1.807, 2.05) is 0 Å². The Kier molecular flexibility index (Phi) is 5.42. The molecule has 1 aromatic heterocycles. The van der Waals surface area contributed by atoms with E-state index in [1.54, 1.807) is 42.5 Å². The second-order valence-corrected chi connectivity index (χ2v) is 5.53. The van der Waals surface area contributed by atoms with Crippen LogP contribution in [0, 0.1) is 5.82 Å². The lowest BCUT2D eigenvalue weighted by molar-refractivity contribution is 0.00477. The van der Waals surface area contributed by atoms with Crippen molar-refractivity contribution in [3.8, 4) is 5.75 Å². The maximum absolute atomic E-state index is 13.4. The Hall–Kier alpha value is -2.70. The first kappa shape index (κ1) is 17.1. The Morgan fingerprint density at radius 3 is 2.72 bits per heavy atom. The third kappa shape index (κ3) is 4.65. The molecule has 3 rings (SSSR count). The molecule has 0 saturated carbocycles. The van der Waals surface area contributed by atoms with Gasteiger partial charge in [-0.3, -0.25) is 0 Å². The van der Waals surface area contributed by atoms with Crippen LogP contribution in [0.2, 0.25) is 0 Å². The number of aliphatic hydroxyl groups excluding tert-OH is 1. The number of rotatable bonds is 7. The molecule has 0 aliphatic rings. The molecule has 0 spiro atoms. The van der Waals surface area contributed by atoms with Crippen LogP contribution in [0.1, 0.15) is 5.56 Å². The molecule has 25 heavy (non-hydrogen) atoms. The number of fused-ring (bicyclic) bond motifs is 1. The maximum Gasteiger partial charge on any atom is 0.336 e. The van der Waals surface area contributed by atoms with Gasteiger partial charge in [-0.15, -0.1) is 0 Å². The molecule has 1 unspecified atom stereocenters. The first-order valence-electron chi connectivity index (χ1n) is 7.78. The van der Waals surface area contributed by atoms with Crippen molar-refractivity contribution in [2.75, 3.05) is 13.2 Å². The Morgan fingerprint density at radius 2 is 1.88 bits per heavy atom. The van der Waals surface area contributed by atoms with E-state index in [9.17, 15) is 14.3 Å². The van der Waals surface area contributed by atoms with Crippen LogP contribution in [0.4, 0.5) is 4.39 Å². The van der Waals surface area contributed by atoms with Crippen LogP contribution in [-0.4, -0.2) is 24.4 Å². The molecule has 2 aromatic carbocycles. The van der Waals surface area contributed by atoms with Crippen LogP contribution >= 0.6 is 0 Å². The Labute approximate surface area is 143 Å². The minimum absolute atomic E-state index is 0.000155. The van der Waals surface area contributed by atoms with E-state index in [4.69, 9.17) is 13.9 Å². The predicted octanol–water partition coefficient (Wildman–Crippen LogP) is 2.89. The molecule has 3 aromatic rings. The lowest BCUT2D eigenvalue weighted by Gasteiger charge is -2.13. The van der Waals surface area contributed by atoms with Crippen molar-refractivity contribution in [2.45, 2.75) is 12.7 Å². The van der Waals surface area contributed by atoms with Gasteiger partial charge in [0.05, 0.1) is 13.2 Å². The lowest BCUT2D eigenvalue weighted by atomic mass is 10.2. The number of halogens is 1. The van der Waals surface area contributed by atoms with Crippen molar-refractivity contribution in [3.63, 3.8) is 0 Å². The van der Waals surface area contributed by atoms with Crippen molar-refractivity contribution in [1.29, 1.82) is 0 Å². The first-order valence-corrected chi connectivity index (χ1v) is 7.78. The molecule has 0 aliphatic carbocycles. The van der Waals surface area contributed by atoms with Crippen LogP contribution < -0.4 is 10.4 Å². The fraction of sp³-hybridized carbons (Fsp3) is 0.211. The zero-order valence-corrected chi connectivity index (χ0v) is 13.4. The van der Waals surface area contributed by atoms with E-state index in [-0.39, 0.29) is 25.6 Å². The summed E-state index contributed by atoms with van der Waals surface area (Å²) in [5.41, 5.74) is 0.404. The number of hydrogen-bond acceptors (Lipinski definition) is 5. The van der Waals surface area contributed by atoms with Gasteiger partial charge in [-0.05, 0) is 24.3 Å². The van der Waals surface area contributed by atoms with Gasteiger partial charge in [-0.25, -0.2) is 9.18 Å². The number of benzene rings is 2. The average Bonchev–Trinajstić information content (AvgIpc) is 2.61. The second-order valence-electron chi connectivity index (χ2n) is 5.53. The van der Waals surface area contributed by atoms with Gasteiger partial charge in [0.2, 0.25) is 0 Å². The van der Waals surface area contributed by atoms with Gasteiger partial charge in [-0.2, -0.15) is 0 Å². The summed E-state index contributed by atoms with van der Waals surface area (Å²) in [6.45, 7) is 0.0850. The predicted molar refractivity (Wildman–Crippen MR) is 90.0 cm³/mol. The van der Waals surface area contributed by atoms with E-state index in [0.29, 0.717) is 16.9 Å². The van der Waals surface area contributed by atoms with E-state index < -0.39 is 11.7 Å². The van der Waals surface area contributed by atoms with Crippen LogP contribution in [0.15, 0.2) is 63.8 Å². The molecule has 1 atom stereocenters. The first-order chi connectivity index (χ1) is 12.1. The monoisotopic (exact) mass is 344 g/mol. The van der Waals surface area contributed by atoms with Gasteiger partial charge < -0.3 is 19.0 Å². The third-order valence-electron chi connectivity index (χ3n) is 3.56. The number of hydrogen-bond donors (Lipinski definition) is 1. The highest BCUT2D eigenvalue weighted by atomic mass is 19.1. The van der Waals surface area contributed by atoms with Gasteiger partial charge >= 0.3 is 5.63 Å². The van der Waals surface area contributed by atoms with Crippen molar-refractivity contribution in [3.05, 3.63) is 76.4 Å². The highest BCUT2D eigenvalue weighted by molar-refractivity contribution is 5.77. The SMILES string of the molecule is O=c1ccc2ccc(OCC(O)COCc3ccccc3F)cc2o1. The molecular weight excluding hydrogens is 327 g/mol. The fourth-order valence-electron chi connectivity index (χ4n) is 2.29. The molecule has 130 valence electrons. The van der Waals surface area contributed by atoms with Crippen LogP contribution in [-0.2, 0) is 11.3 Å². The second kappa shape index (κ2) is 7.92. The molecule has 6 heteroatoms. The quantitative estimate of drug-likeness (QED) is 0.668. The van der Waals surface area contributed by atoms with E-state index in [0.717, 1.165) is 5.39 Å². The highest BCUT2D eigenvalue weighted by Gasteiger charge is 2.08. The molecule has 5 nitrogen and oxygen atoms in total. The molecule has 0 amide bonds. The lowest BCUT2D eigenvalue weighted by Crippen LogP contribution is -2.23. The summed E-state index contributed by atoms with van der Waals surface area (Å²) in [7, 11) is 0. The summed E-state index contributed by atoms with van der Waals surface area (Å²) in [5.74, 6) is 0.126. The van der Waals surface area contributed by atoms with Gasteiger partial charge in [0, 0.05) is 23.1 Å². The normalized spacial score (nSPS) is 12.2. The van der Waals surface area contributed by atoms with Gasteiger partial charge in [-0.1, -0.05) is 18.2 Å². The Balaban J connectivity index is 1.49. The van der Waals surface area contributed by atoms with Crippen molar-refractivity contribution >= 4 is 11.0 Å². The molecule has 1 heterocycles. The van der Waals surface area contributed by atoms with E-state index in [1.165, 1.54) is 12.1 Å². The Bertz CT molecular complexity index is 905. The molecule has 0 bridgehead atoms. The smallest absolute Gasteiger partial charge is 0.336 e. The van der Waals surface area contributed by atoms with Gasteiger partial charge in [0.15, 0.2) is 0 Å². The largest absolute Gasteiger partial charge is 0.491 e. The summed E-state index contributed by atoms with van der Waals surface area (Å²) in [6, 6.07) is 14.4. The summed E-state index contributed by atoms with van der Waals surface area (Å²) in [5, 5.41) is 10.7. The summed E-state index contributed by atoms with van der Waals surface area (Å²) >= 11 is 0. The summed E-state index contributed by atoms with van der Waals surface area (Å²) < 4.78 is 29.3. The zero-order valence-electron chi connectivity index (χ0n) is 13.4. The fourth-order valence-corrected chi connectivity index (χ4v) is 2.29. The molecule has 0 radical (unpaired) electrons. The standard InChI is InChI=1S/C19H17FO5/c20-17-4-2-1-3-14(17)10-23-11-15(21)12-24-16-7-5-13-6-8-19(22)25-18(13)9-16/h1-9,15,21H,10-12H2. The zero-order chi connectivity index (χ0) is 17.6. The Morgan fingerprint density at radius 1 is 1.08 bits per heavy atom. The van der Waals surface area contributed by atoms with Gasteiger partial charge in [0.1, 0.15) is 29.9 Å². The molecule has 0 aliphatic heterocycles. The minimum Gasteiger partial charge on any atom is -0.491 e. The molecule has 1 N–H and O–H groups in total. The maximum atomic E-state index is 13.4. The van der Waals surface area contributed by atoms with Crippen LogP contribution in [0.5, 0.6) is 5.75 Å². The number of ether oxygens (including phenoxy) is 2. The average molecular weight is 344 g/mol. The summed E-state index contributed by atoms with van der Waals surface area (Å²) in [6.07, 6.45) is -0.870.